The first-order valence-electron chi connectivity index (χ1n) is 8.44. The molecule has 0 radical (unpaired) electrons. The van der Waals surface area contributed by atoms with E-state index in [4.69, 9.17) is 4.42 Å². The Morgan fingerprint density at radius 1 is 1.12 bits per heavy atom. The number of nitrogens with one attached hydrogen (secondary N) is 1. The quantitative estimate of drug-likeness (QED) is 0.602. The maximum atomic E-state index is 12.3. The third kappa shape index (κ3) is 3.21. The summed E-state index contributed by atoms with van der Waals surface area (Å²) in [6.45, 7) is 2.35. The van der Waals surface area contributed by atoms with Gasteiger partial charge in [0, 0.05) is 30.9 Å². The van der Waals surface area contributed by atoms with E-state index in [0.717, 1.165) is 22.7 Å². The second-order valence-corrected chi connectivity index (χ2v) is 5.99. The first-order chi connectivity index (χ1) is 12.7. The van der Waals surface area contributed by atoms with Crippen molar-refractivity contribution in [2.75, 3.05) is 6.54 Å². The molecule has 130 valence electrons. The van der Waals surface area contributed by atoms with Crippen LogP contribution in [-0.4, -0.2) is 26.8 Å². The number of benzene rings is 1. The number of hydrogen-bond acceptors (Lipinski definition) is 4. The number of carbonyl (C=O) groups excluding carboxylic acids is 1. The first kappa shape index (κ1) is 16.1. The van der Waals surface area contributed by atoms with E-state index >= 15 is 0 Å². The zero-order valence-corrected chi connectivity index (χ0v) is 14.3. The fourth-order valence-electron chi connectivity index (χ4n) is 2.79. The van der Waals surface area contributed by atoms with Crippen molar-refractivity contribution in [1.29, 1.82) is 0 Å². The molecule has 3 aromatic heterocycles. The molecule has 0 saturated carbocycles. The Labute approximate surface area is 150 Å². The predicted octanol–water partition coefficient (Wildman–Crippen LogP) is 3.27. The maximum absolute atomic E-state index is 12.3. The van der Waals surface area contributed by atoms with Crippen molar-refractivity contribution in [3.63, 3.8) is 0 Å². The zero-order chi connectivity index (χ0) is 17.9. The summed E-state index contributed by atoms with van der Waals surface area (Å²) in [5.74, 6) is 1.17. The molecule has 0 saturated heterocycles. The van der Waals surface area contributed by atoms with Gasteiger partial charge in [0.1, 0.15) is 17.1 Å². The molecular formula is C20H18N4O2. The summed E-state index contributed by atoms with van der Waals surface area (Å²) >= 11 is 0. The van der Waals surface area contributed by atoms with Crippen LogP contribution in [0.5, 0.6) is 0 Å². The molecule has 1 aromatic carbocycles. The topological polar surface area (TPSA) is 72.4 Å². The summed E-state index contributed by atoms with van der Waals surface area (Å²) in [4.78, 5) is 21.1. The minimum absolute atomic E-state index is 0.196. The minimum Gasteiger partial charge on any atom is -0.441 e. The van der Waals surface area contributed by atoms with Gasteiger partial charge in [-0.15, -0.1) is 0 Å². The monoisotopic (exact) mass is 346 g/mol. The highest BCUT2D eigenvalue weighted by atomic mass is 16.4. The molecule has 26 heavy (non-hydrogen) atoms. The van der Waals surface area contributed by atoms with E-state index in [0.29, 0.717) is 24.6 Å². The van der Waals surface area contributed by atoms with Crippen LogP contribution in [0.15, 0.2) is 65.3 Å². The summed E-state index contributed by atoms with van der Waals surface area (Å²) in [5.41, 5.74) is 2.94. The molecule has 4 rings (SSSR count). The van der Waals surface area contributed by atoms with Crippen LogP contribution in [-0.2, 0) is 6.42 Å². The molecule has 6 nitrogen and oxygen atoms in total. The van der Waals surface area contributed by atoms with Crippen LogP contribution in [0.25, 0.3) is 17.1 Å². The highest BCUT2D eigenvalue weighted by molar-refractivity contribution is 5.92. The highest BCUT2D eigenvalue weighted by Gasteiger charge is 2.13. The van der Waals surface area contributed by atoms with Gasteiger partial charge < -0.3 is 14.1 Å². The van der Waals surface area contributed by atoms with E-state index in [-0.39, 0.29) is 5.91 Å². The lowest BCUT2D eigenvalue weighted by molar-refractivity contribution is 0.0949. The second kappa shape index (κ2) is 6.84. The second-order valence-electron chi connectivity index (χ2n) is 5.99. The number of hydrogen-bond donors (Lipinski definition) is 1. The fourth-order valence-corrected chi connectivity index (χ4v) is 2.79. The van der Waals surface area contributed by atoms with Gasteiger partial charge in [0.25, 0.3) is 5.91 Å². The van der Waals surface area contributed by atoms with E-state index in [1.54, 1.807) is 6.20 Å². The van der Waals surface area contributed by atoms with E-state index in [9.17, 15) is 4.79 Å². The maximum Gasteiger partial charge on any atom is 0.271 e. The number of aryl methyl sites for hydroxylation is 1. The molecule has 0 aliphatic rings. The van der Waals surface area contributed by atoms with Gasteiger partial charge in [-0.3, -0.25) is 4.79 Å². The smallest absolute Gasteiger partial charge is 0.271 e. The molecule has 0 fully saturated rings. The molecule has 0 bridgehead atoms. The number of fused-ring (bicyclic) bond motifs is 1. The summed E-state index contributed by atoms with van der Waals surface area (Å²) < 4.78 is 7.57. The normalized spacial score (nSPS) is 11.0. The van der Waals surface area contributed by atoms with Crippen molar-refractivity contribution in [2.24, 2.45) is 0 Å². The van der Waals surface area contributed by atoms with Crippen LogP contribution in [0.4, 0.5) is 0 Å². The molecule has 4 aromatic rings. The molecule has 0 aliphatic carbocycles. The SMILES string of the molecule is Cc1oc(-c2ccccc2)nc1CCNC(=O)c1cn2ccccc2n1. The van der Waals surface area contributed by atoms with Crippen LogP contribution >= 0.6 is 0 Å². The molecule has 0 aliphatic heterocycles. The van der Waals surface area contributed by atoms with Gasteiger partial charge in [0.05, 0.1) is 5.69 Å². The summed E-state index contributed by atoms with van der Waals surface area (Å²) in [6, 6.07) is 15.4. The van der Waals surface area contributed by atoms with Gasteiger partial charge in [0.2, 0.25) is 5.89 Å². The van der Waals surface area contributed by atoms with Gasteiger partial charge in [-0.1, -0.05) is 24.3 Å². The summed E-state index contributed by atoms with van der Waals surface area (Å²) in [6.07, 6.45) is 4.18. The first-order valence-corrected chi connectivity index (χ1v) is 8.44. The Bertz CT molecular complexity index is 1020. The number of rotatable bonds is 5. The lowest BCUT2D eigenvalue weighted by atomic mass is 10.2. The number of imidazole rings is 1. The van der Waals surface area contributed by atoms with E-state index < -0.39 is 0 Å². The number of nitrogens with zero attached hydrogens (tertiary/aromatic N) is 3. The zero-order valence-electron chi connectivity index (χ0n) is 14.3. The van der Waals surface area contributed by atoms with Crippen molar-refractivity contribution in [3.05, 3.63) is 78.1 Å². The van der Waals surface area contributed by atoms with Crippen LogP contribution in [0, 0.1) is 6.92 Å². The molecule has 0 atom stereocenters. The van der Waals surface area contributed by atoms with Crippen molar-refractivity contribution >= 4 is 11.6 Å². The highest BCUT2D eigenvalue weighted by Crippen LogP contribution is 2.21. The van der Waals surface area contributed by atoms with E-state index in [2.05, 4.69) is 15.3 Å². The Balaban J connectivity index is 1.40. The Kier molecular flexibility index (Phi) is 4.23. The molecule has 0 spiro atoms. The minimum atomic E-state index is -0.196. The Morgan fingerprint density at radius 3 is 2.73 bits per heavy atom. The van der Waals surface area contributed by atoms with E-state index in [1.165, 1.54) is 0 Å². The van der Waals surface area contributed by atoms with E-state index in [1.807, 2.05) is 66.1 Å². The lowest BCUT2D eigenvalue weighted by Crippen LogP contribution is -2.26. The largest absolute Gasteiger partial charge is 0.441 e. The predicted molar refractivity (Wildman–Crippen MR) is 97.9 cm³/mol. The third-order valence-electron chi connectivity index (χ3n) is 4.16. The molecule has 3 heterocycles. The average Bonchev–Trinajstić information content (AvgIpc) is 3.26. The van der Waals surface area contributed by atoms with Crippen LogP contribution < -0.4 is 5.32 Å². The number of oxazole rings is 1. The Hall–Kier alpha value is -3.41. The van der Waals surface area contributed by atoms with Crippen LogP contribution in [0.3, 0.4) is 0 Å². The van der Waals surface area contributed by atoms with Crippen LogP contribution in [0.2, 0.25) is 0 Å². The van der Waals surface area contributed by atoms with Crippen molar-refractivity contribution in [3.8, 4) is 11.5 Å². The third-order valence-corrected chi connectivity index (χ3v) is 4.16. The molecular weight excluding hydrogens is 328 g/mol. The van der Waals surface area contributed by atoms with Gasteiger partial charge in [-0.05, 0) is 31.2 Å². The number of aromatic nitrogens is 3. The van der Waals surface area contributed by atoms with Gasteiger partial charge >= 0.3 is 0 Å². The Morgan fingerprint density at radius 2 is 1.92 bits per heavy atom. The van der Waals surface area contributed by atoms with Crippen molar-refractivity contribution in [2.45, 2.75) is 13.3 Å². The number of carbonyl (C=O) groups is 1. The van der Waals surface area contributed by atoms with Gasteiger partial charge in [0.15, 0.2) is 0 Å². The van der Waals surface area contributed by atoms with Crippen molar-refractivity contribution in [1.82, 2.24) is 19.7 Å². The molecule has 0 unspecified atom stereocenters. The summed E-state index contributed by atoms with van der Waals surface area (Å²) in [7, 11) is 0. The van der Waals surface area contributed by atoms with Crippen LogP contribution in [0.1, 0.15) is 21.9 Å². The number of amides is 1. The lowest BCUT2D eigenvalue weighted by Gasteiger charge is -2.01. The molecule has 1 amide bonds. The molecule has 6 heteroatoms. The standard InChI is InChI=1S/C20H18N4O2/c1-14-16(23-20(26-14)15-7-3-2-4-8-15)10-11-21-19(25)17-13-24-12-6-5-9-18(24)22-17/h2-9,12-13H,10-11H2,1H3,(H,21,25). The number of pyridine rings is 1. The van der Waals surface area contributed by atoms with Crippen molar-refractivity contribution < 1.29 is 9.21 Å². The summed E-state index contributed by atoms with van der Waals surface area (Å²) in [5, 5.41) is 2.89. The molecule has 1 N–H and O–H groups in total. The van der Waals surface area contributed by atoms with Gasteiger partial charge in [-0.2, -0.15) is 0 Å². The van der Waals surface area contributed by atoms with Gasteiger partial charge in [-0.25, -0.2) is 9.97 Å². The fraction of sp³-hybridized carbons (Fsp3) is 0.150. The average molecular weight is 346 g/mol.